The molecule has 1 atom stereocenters. The van der Waals surface area contributed by atoms with Crippen LogP contribution in [0.4, 0.5) is 0 Å². The van der Waals surface area contributed by atoms with E-state index in [1.807, 2.05) is 30.9 Å². The molecule has 122 valence electrons. The number of sulfone groups is 1. The van der Waals surface area contributed by atoms with E-state index in [1.54, 1.807) is 0 Å². The molecule has 0 radical (unpaired) electrons. The van der Waals surface area contributed by atoms with E-state index in [2.05, 4.69) is 17.4 Å². The normalized spacial score (nSPS) is 20.2. The summed E-state index contributed by atoms with van der Waals surface area (Å²) in [6.45, 7) is 5.84. The Morgan fingerprint density at radius 3 is 2.77 bits per heavy atom. The van der Waals surface area contributed by atoms with Gasteiger partial charge in [-0.1, -0.05) is 36.8 Å². The summed E-state index contributed by atoms with van der Waals surface area (Å²) in [7, 11) is -2.96. The second-order valence-electron chi connectivity index (χ2n) is 5.96. The predicted octanol–water partition coefficient (Wildman–Crippen LogP) is 1.12. The highest BCUT2D eigenvalue weighted by molar-refractivity contribution is 7.91. The fraction of sp³-hybridized carbons (Fsp3) is 0.562. The molecule has 1 N–H and O–H groups in total. The maximum atomic E-state index is 12.1. The first-order chi connectivity index (χ1) is 10.4. The molecule has 1 fully saturated rings. The number of benzene rings is 1. The number of amides is 1. The third kappa shape index (κ3) is 5.10. The molecule has 0 aromatic heterocycles. The Morgan fingerprint density at radius 1 is 1.41 bits per heavy atom. The number of hydrogen-bond donors (Lipinski definition) is 1. The highest BCUT2D eigenvalue weighted by Crippen LogP contribution is 2.11. The van der Waals surface area contributed by atoms with Gasteiger partial charge in [-0.3, -0.25) is 9.69 Å². The lowest BCUT2D eigenvalue weighted by atomic mass is 10.1. The van der Waals surface area contributed by atoms with Crippen LogP contribution in [0.3, 0.4) is 0 Å². The zero-order chi connectivity index (χ0) is 16.2. The molecule has 1 aromatic rings. The third-order valence-corrected chi connectivity index (χ3v) is 5.67. The molecule has 1 heterocycles. The predicted molar refractivity (Wildman–Crippen MR) is 87.3 cm³/mol. The summed E-state index contributed by atoms with van der Waals surface area (Å²) in [5.74, 6) is 0.151. The molecule has 0 saturated carbocycles. The number of likely N-dealkylation sites (N-methyl/N-ethyl adjacent to an activating group) is 1. The van der Waals surface area contributed by atoms with E-state index in [-0.39, 0.29) is 23.5 Å². The zero-order valence-electron chi connectivity index (χ0n) is 13.2. The van der Waals surface area contributed by atoms with Crippen molar-refractivity contribution in [3.63, 3.8) is 0 Å². The first-order valence-electron chi connectivity index (χ1n) is 7.65. The zero-order valence-corrected chi connectivity index (χ0v) is 14.0. The molecule has 22 heavy (non-hydrogen) atoms. The van der Waals surface area contributed by atoms with Gasteiger partial charge in [-0.25, -0.2) is 8.42 Å². The molecule has 5 nitrogen and oxygen atoms in total. The van der Waals surface area contributed by atoms with Gasteiger partial charge < -0.3 is 5.32 Å². The van der Waals surface area contributed by atoms with Crippen molar-refractivity contribution >= 4 is 15.7 Å². The summed E-state index contributed by atoms with van der Waals surface area (Å²) in [5.41, 5.74) is 2.38. The summed E-state index contributed by atoms with van der Waals surface area (Å²) in [6.07, 6.45) is 0.526. The largest absolute Gasteiger partial charge is 0.351 e. The topological polar surface area (TPSA) is 66.5 Å². The molecular formula is C16H24N2O3S. The molecule has 1 saturated heterocycles. The van der Waals surface area contributed by atoms with Crippen molar-refractivity contribution in [3.05, 3.63) is 35.4 Å². The van der Waals surface area contributed by atoms with E-state index < -0.39 is 9.84 Å². The molecule has 0 bridgehead atoms. The SMILES string of the molecule is CCN(CC(=O)N[C@@H]1CCS(=O)(=O)C1)Cc1cccc(C)c1. The number of rotatable bonds is 6. The van der Waals surface area contributed by atoms with Crippen LogP contribution in [0.15, 0.2) is 24.3 Å². The molecule has 1 amide bonds. The third-order valence-electron chi connectivity index (χ3n) is 3.90. The van der Waals surface area contributed by atoms with Crippen LogP contribution in [-0.2, 0) is 21.2 Å². The summed E-state index contributed by atoms with van der Waals surface area (Å²) < 4.78 is 22.8. The van der Waals surface area contributed by atoms with Gasteiger partial charge in [0.1, 0.15) is 0 Å². The molecule has 0 spiro atoms. The Labute approximate surface area is 132 Å². The van der Waals surface area contributed by atoms with Gasteiger partial charge in [0, 0.05) is 12.6 Å². The Kier molecular flexibility index (Phi) is 5.58. The van der Waals surface area contributed by atoms with Gasteiger partial charge in [0.2, 0.25) is 5.91 Å². The lowest BCUT2D eigenvalue weighted by molar-refractivity contribution is -0.122. The molecule has 0 unspecified atom stereocenters. The summed E-state index contributed by atoms with van der Waals surface area (Å²) in [4.78, 5) is 14.1. The fourth-order valence-corrected chi connectivity index (χ4v) is 4.41. The molecule has 1 aliphatic rings. The number of hydrogen-bond acceptors (Lipinski definition) is 4. The first kappa shape index (κ1) is 17.0. The van der Waals surface area contributed by atoms with Gasteiger partial charge in [0.15, 0.2) is 9.84 Å². The molecular weight excluding hydrogens is 300 g/mol. The smallest absolute Gasteiger partial charge is 0.234 e. The van der Waals surface area contributed by atoms with Crippen molar-refractivity contribution in [2.45, 2.75) is 32.9 Å². The Bertz CT molecular complexity index is 628. The van der Waals surface area contributed by atoms with Crippen LogP contribution in [0.25, 0.3) is 0 Å². The number of nitrogens with zero attached hydrogens (tertiary/aromatic N) is 1. The van der Waals surface area contributed by atoms with E-state index in [0.717, 1.165) is 6.54 Å². The lowest BCUT2D eigenvalue weighted by Gasteiger charge is -2.21. The first-order valence-corrected chi connectivity index (χ1v) is 9.48. The van der Waals surface area contributed by atoms with Crippen LogP contribution >= 0.6 is 0 Å². The van der Waals surface area contributed by atoms with Crippen LogP contribution in [-0.4, -0.2) is 49.9 Å². The molecule has 0 aliphatic carbocycles. The van der Waals surface area contributed by atoms with Crippen LogP contribution in [0.5, 0.6) is 0 Å². The van der Waals surface area contributed by atoms with Gasteiger partial charge in [-0.15, -0.1) is 0 Å². The Hall–Kier alpha value is -1.40. The van der Waals surface area contributed by atoms with Crippen molar-refractivity contribution in [2.24, 2.45) is 0 Å². The van der Waals surface area contributed by atoms with Crippen LogP contribution in [0, 0.1) is 6.92 Å². The van der Waals surface area contributed by atoms with Crippen LogP contribution in [0.2, 0.25) is 0 Å². The van der Waals surface area contributed by atoms with E-state index in [1.165, 1.54) is 11.1 Å². The van der Waals surface area contributed by atoms with Crippen molar-refractivity contribution in [2.75, 3.05) is 24.6 Å². The average Bonchev–Trinajstić information content (AvgIpc) is 2.77. The average molecular weight is 324 g/mol. The van der Waals surface area contributed by atoms with Crippen LogP contribution < -0.4 is 5.32 Å². The fourth-order valence-electron chi connectivity index (χ4n) is 2.73. The minimum atomic E-state index is -2.96. The van der Waals surface area contributed by atoms with Gasteiger partial charge in [-0.05, 0) is 25.5 Å². The summed E-state index contributed by atoms with van der Waals surface area (Å²) in [5, 5.41) is 2.84. The van der Waals surface area contributed by atoms with E-state index >= 15 is 0 Å². The van der Waals surface area contributed by atoms with E-state index in [9.17, 15) is 13.2 Å². The number of nitrogens with one attached hydrogen (secondary N) is 1. The number of carbonyl (C=O) groups excluding carboxylic acids is 1. The maximum absolute atomic E-state index is 12.1. The highest BCUT2D eigenvalue weighted by atomic mass is 32.2. The minimum absolute atomic E-state index is 0.0722. The van der Waals surface area contributed by atoms with E-state index in [0.29, 0.717) is 19.5 Å². The number of carbonyl (C=O) groups is 1. The second-order valence-corrected chi connectivity index (χ2v) is 8.19. The Balaban J connectivity index is 1.86. The molecule has 6 heteroatoms. The van der Waals surface area contributed by atoms with Gasteiger partial charge >= 0.3 is 0 Å². The van der Waals surface area contributed by atoms with Crippen molar-refractivity contribution in [1.29, 1.82) is 0 Å². The number of aryl methyl sites for hydroxylation is 1. The quantitative estimate of drug-likeness (QED) is 0.851. The summed E-state index contributed by atoms with van der Waals surface area (Å²) in [6, 6.07) is 8.01. The molecule has 1 aromatic carbocycles. The summed E-state index contributed by atoms with van der Waals surface area (Å²) >= 11 is 0. The van der Waals surface area contributed by atoms with Crippen molar-refractivity contribution < 1.29 is 13.2 Å². The standard InChI is InChI=1S/C16H24N2O3S/c1-3-18(10-14-6-4-5-13(2)9-14)11-16(19)17-15-7-8-22(20,21)12-15/h4-6,9,15H,3,7-8,10-12H2,1-2H3,(H,17,19)/t15-/m1/s1. The van der Waals surface area contributed by atoms with Gasteiger partial charge in [0.25, 0.3) is 0 Å². The van der Waals surface area contributed by atoms with Crippen molar-refractivity contribution in [3.8, 4) is 0 Å². The van der Waals surface area contributed by atoms with E-state index in [4.69, 9.17) is 0 Å². The van der Waals surface area contributed by atoms with Crippen LogP contribution in [0.1, 0.15) is 24.5 Å². The molecule has 1 aliphatic heterocycles. The lowest BCUT2D eigenvalue weighted by Crippen LogP contribution is -2.42. The van der Waals surface area contributed by atoms with Gasteiger partial charge in [0.05, 0.1) is 18.1 Å². The maximum Gasteiger partial charge on any atom is 0.234 e. The van der Waals surface area contributed by atoms with Crippen molar-refractivity contribution in [1.82, 2.24) is 10.2 Å². The monoisotopic (exact) mass is 324 g/mol. The highest BCUT2D eigenvalue weighted by Gasteiger charge is 2.29. The Morgan fingerprint density at radius 2 is 2.18 bits per heavy atom. The second kappa shape index (κ2) is 7.24. The minimum Gasteiger partial charge on any atom is -0.351 e. The molecule has 2 rings (SSSR count). The van der Waals surface area contributed by atoms with Gasteiger partial charge in [-0.2, -0.15) is 0 Å².